The molecule has 1 atom stereocenters. The zero-order chi connectivity index (χ0) is 18.0. The van der Waals surface area contributed by atoms with Crippen LogP contribution in [0.4, 0.5) is 4.79 Å². The van der Waals surface area contributed by atoms with E-state index in [0.29, 0.717) is 31.2 Å². The van der Waals surface area contributed by atoms with Crippen LogP contribution >= 0.6 is 0 Å². The fourth-order valence-electron chi connectivity index (χ4n) is 3.17. The van der Waals surface area contributed by atoms with Crippen LogP contribution in [-0.2, 0) is 9.59 Å². The second kappa shape index (κ2) is 7.13. The van der Waals surface area contributed by atoms with E-state index in [2.05, 4.69) is 19.2 Å². The first-order chi connectivity index (χ1) is 12.0. The van der Waals surface area contributed by atoms with E-state index in [9.17, 15) is 14.4 Å². The molecule has 2 aliphatic rings. The second-order valence-corrected chi connectivity index (χ2v) is 6.72. The van der Waals surface area contributed by atoms with Crippen molar-refractivity contribution in [2.24, 2.45) is 0 Å². The average molecular weight is 345 g/mol. The molecule has 0 spiro atoms. The molecule has 7 nitrogen and oxygen atoms in total. The van der Waals surface area contributed by atoms with Crippen molar-refractivity contribution in [3.63, 3.8) is 0 Å². The molecule has 1 N–H and O–H groups in total. The van der Waals surface area contributed by atoms with Crippen molar-refractivity contribution in [2.45, 2.75) is 32.2 Å². The number of benzene rings is 1. The summed E-state index contributed by atoms with van der Waals surface area (Å²) in [7, 11) is 0. The standard InChI is InChI=1S/C18H23N3O4/c1-12(2)13-3-5-15(6-4-13)25-11-17(23)20-8-7-14(10-20)21-16(22)9-19-18(21)24/h3-6,12,14H,7-11H2,1-2H3,(H,19,24). The number of rotatable bonds is 5. The first kappa shape index (κ1) is 17.3. The van der Waals surface area contributed by atoms with Gasteiger partial charge in [0.15, 0.2) is 6.61 Å². The van der Waals surface area contributed by atoms with Gasteiger partial charge in [-0.2, -0.15) is 0 Å². The van der Waals surface area contributed by atoms with Gasteiger partial charge in [-0.25, -0.2) is 4.79 Å². The molecule has 2 aliphatic heterocycles. The summed E-state index contributed by atoms with van der Waals surface area (Å²) in [4.78, 5) is 38.6. The van der Waals surface area contributed by atoms with Crippen LogP contribution in [0.3, 0.4) is 0 Å². The van der Waals surface area contributed by atoms with Crippen molar-refractivity contribution in [3.05, 3.63) is 29.8 Å². The Morgan fingerprint density at radius 1 is 1.28 bits per heavy atom. The molecule has 25 heavy (non-hydrogen) atoms. The van der Waals surface area contributed by atoms with E-state index in [-0.39, 0.29) is 37.0 Å². The van der Waals surface area contributed by atoms with Gasteiger partial charge in [0.05, 0.1) is 12.6 Å². The van der Waals surface area contributed by atoms with Crippen LogP contribution in [0.15, 0.2) is 24.3 Å². The third-order valence-electron chi connectivity index (χ3n) is 4.67. The van der Waals surface area contributed by atoms with Crippen LogP contribution in [-0.4, -0.2) is 59.9 Å². The Hall–Kier alpha value is -2.57. The van der Waals surface area contributed by atoms with Crippen molar-refractivity contribution in [3.8, 4) is 5.75 Å². The number of carbonyl (C=O) groups excluding carboxylic acids is 3. The maximum absolute atomic E-state index is 12.3. The third kappa shape index (κ3) is 3.75. The predicted molar refractivity (Wildman–Crippen MR) is 91.3 cm³/mol. The molecule has 2 fully saturated rings. The van der Waals surface area contributed by atoms with Gasteiger partial charge in [-0.05, 0) is 30.0 Å². The first-order valence-corrected chi connectivity index (χ1v) is 8.56. The fraction of sp³-hybridized carbons (Fsp3) is 0.500. The highest BCUT2D eigenvalue weighted by atomic mass is 16.5. The van der Waals surface area contributed by atoms with E-state index in [4.69, 9.17) is 4.74 Å². The van der Waals surface area contributed by atoms with Crippen LogP contribution < -0.4 is 10.1 Å². The number of urea groups is 1. The molecule has 0 bridgehead atoms. The lowest BCUT2D eigenvalue weighted by molar-refractivity contribution is -0.133. The topological polar surface area (TPSA) is 79.0 Å². The summed E-state index contributed by atoms with van der Waals surface area (Å²) in [5.74, 6) is 0.735. The van der Waals surface area contributed by atoms with Gasteiger partial charge in [-0.15, -0.1) is 0 Å². The third-order valence-corrected chi connectivity index (χ3v) is 4.67. The number of amides is 4. The zero-order valence-electron chi connectivity index (χ0n) is 14.5. The van der Waals surface area contributed by atoms with E-state index in [1.165, 1.54) is 10.5 Å². The number of hydrogen-bond acceptors (Lipinski definition) is 4. The Kier molecular flexibility index (Phi) is 4.92. The highest BCUT2D eigenvalue weighted by Gasteiger charge is 2.39. The maximum atomic E-state index is 12.3. The van der Waals surface area contributed by atoms with Crippen LogP contribution in [0.1, 0.15) is 31.7 Å². The lowest BCUT2D eigenvalue weighted by Crippen LogP contribution is -2.43. The molecular weight excluding hydrogens is 322 g/mol. The maximum Gasteiger partial charge on any atom is 0.324 e. The average Bonchev–Trinajstić information content (AvgIpc) is 3.19. The molecule has 1 aromatic rings. The van der Waals surface area contributed by atoms with E-state index < -0.39 is 0 Å². The summed E-state index contributed by atoms with van der Waals surface area (Å²) in [5, 5.41) is 2.51. The summed E-state index contributed by atoms with van der Waals surface area (Å²) < 4.78 is 5.57. The highest BCUT2D eigenvalue weighted by Crippen LogP contribution is 2.20. The monoisotopic (exact) mass is 345 g/mol. The van der Waals surface area contributed by atoms with E-state index >= 15 is 0 Å². The van der Waals surface area contributed by atoms with Crippen LogP contribution in [0.2, 0.25) is 0 Å². The smallest absolute Gasteiger partial charge is 0.324 e. The molecule has 1 aromatic carbocycles. The van der Waals surface area contributed by atoms with Gasteiger partial charge >= 0.3 is 6.03 Å². The van der Waals surface area contributed by atoms with Gasteiger partial charge in [0, 0.05) is 13.1 Å². The number of ether oxygens (including phenoxy) is 1. The molecule has 0 aliphatic carbocycles. The minimum Gasteiger partial charge on any atom is -0.484 e. The molecule has 4 amide bonds. The Labute approximate surface area is 146 Å². The molecule has 3 rings (SSSR count). The Balaban J connectivity index is 1.51. The van der Waals surface area contributed by atoms with E-state index in [0.717, 1.165) is 0 Å². The largest absolute Gasteiger partial charge is 0.484 e. The Morgan fingerprint density at radius 3 is 2.60 bits per heavy atom. The highest BCUT2D eigenvalue weighted by molar-refractivity contribution is 6.02. The molecule has 0 radical (unpaired) electrons. The first-order valence-electron chi connectivity index (χ1n) is 8.56. The second-order valence-electron chi connectivity index (χ2n) is 6.72. The summed E-state index contributed by atoms with van der Waals surface area (Å²) in [6, 6.07) is 7.10. The SMILES string of the molecule is CC(C)c1ccc(OCC(=O)N2CCC(N3C(=O)CNC3=O)C2)cc1. The van der Waals surface area contributed by atoms with Crippen molar-refractivity contribution < 1.29 is 19.1 Å². The van der Waals surface area contributed by atoms with Crippen molar-refractivity contribution in [2.75, 3.05) is 26.2 Å². The van der Waals surface area contributed by atoms with Crippen molar-refractivity contribution in [1.82, 2.24) is 15.1 Å². The number of nitrogens with zero attached hydrogens (tertiary/aromatic N) is 2. The Morgan fingerprint density at radius 2 is 2.00 bits per heavy atom. The van der Waals surface area contributed by atoms with Crippen LogP contribution in [0.25, 0.3) is 0 Å². The summed E-state index contributed by atoms with van der Waals surface area (Å²) in [6.45, 7) is 5.12. The molecular formula is C18H23N3O4. The minimum absolute atomic E-state index is 0.0404. The van der Waals surface area contributed by atoms with E-state index in [1.54, 1.807) is 4.90 Å². The number of nitrogens with one attached hydrogen (secondary N) is 1. The molecule has 2 heterocycles. The van der Waals surface area contributed by atoms with Crippen molar-refractivity contribution in [1.29, 1.82) is 0 Å². The molecule has 0 saturated carbocycles. The summed E-state index contributed by atoms with van der Waals surface area (Å²) >= 11 is 0. The number of imide groups is 1. The van der Waals surface area contributed by atoms with Gasteiger partial charge in [-0.3, -0.25) is 14.5 Å². The van der Waals surface area contributed by atoms with Gasteiger partial charge in [0.25, 0.3) is 5.91 Å². The predicted octanol–water partition coefficient (Wildman–Crippen LogP) is 1.34. The minimum atomic E-state index is -0.370. The zero-order valence-corrected chi connectivity index (χ0v) is 14.5. The number of hydrogen-bond donors (Lipinski definition) is 1. The lowest BCUT2D eigenvalue weighted by atomic mass is 10.0. The van der Waals surface area contributed by atoms with Gasteiger partial charge < -0.3 is 15.0 Å². The summed E-state index contributed by atoms with van der Waals surface area (Å²) in [6.07, 6.45) is 0.605. The van der Waals surface area contributed by atoms with Gasteiger partial charge in [0.2, 0.25) is 5.91 Å². The normalized spacial score (nSPS) is 20.4. The molecule has 2 saturated heterocycles. The van der Waals surface area contributed by atoms with Gasteiger partial charge in [-0.1, -0.05) is 26.0 Å². The molecule has 1 unspecified atom stereocenters. The van der Waals surface area contributed by atoms with Gasteiger partial charge in [0.1, 0.15) is 5.75 Å². The molecule has 134 valence electrons. The lowest BCUT2D eigenvalue weighted by Gasteiger charge is -2.21. The van der Waals surface area contributed by atoms with Crippen LogP contribution in [0, 0.1) is 0 Å². The van der Waals surface area contributed by atoms with Crippen LogP contribution in [0.5, 0.6) is 5.75 Å². The van der Waals surface area contributed by atoms with E-state index in [1.807, 2.05) is 24.3 Å². The van der Waals surface area contributed by atoms with Crippen molar-refractivity contribution >= 4 is 17.8 Å². The quantitative estimate of drug-likeness (QED) is 0.817. The number of likely N-dealkylation sites (tertiary alicyclic amines) is 1. The fourth-order valence-corrected chi connectivity index (χ4v) is 3.17. The molecule has 7 heteroatoms. The molecule has 0 aromatic heterocycles. The Bertz CT molecular complexity index is 655. The number of carbonyl (C=O) groups is 3. The summed E-state index contributed by atoms with van der Waals surface area (Å²) in [5.41, 5.74) is 1.22.